The van der Waals surface area contributed by atoms with Gasteiger partial charge in [0.1, 0.15) is 0 Å². The molecule has 2 aliphatic rings. The van der Waals surface area contributed by atoms with E-state index in [1.807, 2.05) is 0 Å². The molecule has 2 fully saturated rings. The molecule has 2 amide bonds. The van der Waals surface area contributed by atoms with E-state index in [4.69, 9.17) is 0 Å². The van der Waals surface area contributed by atoms with Crippen LogP contribution in [0.5, 0.6) is 0 Å². The maximum atomic E-state index is 11.7. The number of anilines is 1. The molecule has 0 atom stereocenters. The Kier molecular flexibility index (Phi) is 6.76. The van der Waals surface area contributed by atoms with Crippen LogP contribution in [0.3, 0.4) is 0 Å². The number of carboxylic acid groups (broad SMARTS) is 1. The summed E-state index contributed by atoms with van der Waals surface area (Å²) in [7, 11) is 0. The molecule has 166 valence electrons. The number of aromatic nitrogens is 3. The maximum Gasteiger partial charge on any atom is 0.337 e. The van der Waals surface area contributed by atoms with Gasteiger partial charge in [-0.1, -0.05) is 0 Å². The molecule has 0 spiro atoms. The van der Waals surface area contributed by atoms with E-state index in [9.17, 15) is 19.5 Å². The van der Waals surface area contributed by atoms with Crippen molar-refractivity contribution in [3.05, 3.63) is 52.4 Å². The van der Waals surface area contributed by atoms with Gasteiger partial charge in [0, 0.05) is 32.0 Å². The molecular formula is C21H22N6O4S. The number of imide groups is 1. The molecule has 10 nitrogen and oxygen atoms in total. The molecule has 0 aliphatic carbocycles. The van der Waals surface area contributed by atoms with Crippen LogP contribution in [0.1, 0.15) is 34.6 Å². The van der Waals surface area contributed by atoms with E-state index in [2.05, 4.69) is 30.5 Å². The summed E-state index contributed by atoms with van der Waals surface area (Å²) in [5, 5.41) is 14.4. The van der Waals surface area contributed by atoms with Crippen molar-refractivity contribution in [1.29, 1.82) is 0 Å². The summed E-state index contributed by atoms with van der Waals surface area (Å²) in [5.74, 6) is -0.326. The Bertz CT molecular complexity index is 1070. The van der Waals surface area contributed by atoms with Gasteiger partial charge in [0.05, 0.1) is 21.9 Å². The van der Waals surface area contributed by atoms with Crippen LogP contribution in [0.2, 0.25) is 0 Å². The minimum Gasteiger partial charge on any atom is -0.478 e. The summed E-state index contributed by atoms with van der Waals surface area (Å²) < 4.78 is 0. The molecule has 2 aromatic heterocycles. The van der Waals surface area contributed by atoms with E-state index < -0.39 is 11.9 Å². The van der Waals surface area contributed by atoms with E-state index in [0.29, 0.717) is 34.7 Å². The molecule has 0 unspecified atom stereocenters. The number of thioether (sulfide) groups is 1. The summed E-state index contributed by atoms with van der Waals surface area (Å²) in [5.41, 5.74) is 1.34. The maximum absolute atomic E-state index is 11.7. The van der Waals surface area contributed by atoms with Crippen LogP contribution in [-0.4, -0.2) is 56.8 Å². The number of rotatable bonds is 7. The van der Waals surface area contributed by atoms with Gasteiger partial charge in [0.15, 0.2) is 0 Å². The van der Waals surface area contributed by atoms with Crippen molar-refractivity contribution in [2.45, 2.75) is 19.4 Å². The zero-order valence-electron chi connectivity index (χ0n) is 17.2. The quantitative estimate of drug-likeness (QED) is 0.532. The zero-order chi connectivity index (χ0) is 22.5. The number of hydrogen-bond acceptors (Lipinski definition) is 9. The van der Waals surface area contributed by atoms with Gasteiger partial charge in [-0.15, -0.1) is 0 Å². The first-order valence-corrected chi connectivity index (χ1v) is 11.0. The van der Waals surface area contributed by atoms with Crippen molar-refractivity contribution in [3.8, 4) is 0 Å². The molecule has 32 heavy (non-hydrogen) atoms. The molecule has 0 aromatic carbocycles. The van der Waals surface area contributed by atoms with Crippen molar-refractivity contribution >= 4 is 40.9 Å². The van der Waals surface area contributed by atoms with Crippen LogP contribution < -0.4 is 15.5 Å². The highest BCUT2D eigenvalue weighted by molar-refractivity contribution is 8.18. The number of carbonyl (C=O) groups is 3. The largest absolute Gasteiger partial charge is 0.478 e. The SMILES string of the molecule is O=C1NC(=O)/C(=C\c2ccnc(N3CCC(CNCc4ncccc4C(=O)O)CC3)n2)S1. The van der Waals surface area contributed by atoms with E-state index >= 15 is 0 Å². The Balaban J connectivity index is 1.29. The summed E-state index contributed by atoms with van der Waals surface area (Å²) in [6, 6.07) is 4.88. The summed E-state index contributed by atoms with van der Waals surface area (Å²) in [6.45, 7) is 2.78. The Morgan fingerprint density at radius 1 is 1.25 bits per heavy atom. The molecule has 2 aromatic rings. The van der Waals surface area contributed by atoms with Crippen molar-refractivity contribution in [2.75, 3.05) is 24.5 Å². The van der Waals surface area contributed by atoms with Crippen LogP contribution in [0.25, 0.3) is 6.08 Å². The Labute approximate surface area is 188 Å². The number of aromatic carboxylic acids is 1. The average molecular weight is 455 g/mol. The Hall–Kier alpha value is -3.31. The molecule has 4 rings (SSSR count). The first-order valence-electron chi connectivity index (χ1n) is 10.2. The molecule has 4 heterocycles. The van der Waals surface area contributed by atoms with Gasteiger partial charge in [-0.2, -0.15) is 0 Å². The topological polar surface area (TPSA) is 137 Å². The average Bonchev–Trinajstić information content (AvgIpc) is 3.11. The van der Waals surface area contributed by atoms with E-state index in [0.717, 1.165) is 44.2 Å². The standard InChI is InChI=1S/C21H22N6O4S/c28-18-17(32-21(31)26-18)10-14-3-7-24-20(25-14)27-8-4-13(5-9-27)11-22-12-16-15(19(29)30)2-1-6-23-16/h1-3,6-7,10,13,22H,4-5,8-9,11-12H2,(H,29,30)(H,26,28,31)/b17-10+. The number of hydrogen-bond donors (Lipinski definition) is 3. The number of pyridine rings is 1. The lowest BCUT2D eigenvalue weighted by Gasteiger charge is -2.32. The molecule has 0 saturated carbocycles. The van der Waals surface area contributed by atoms with Gasteiger partial charge in [-0.05, 0) is 61.3 Å². The number of piperidine rings is 1. The molecular weight excluding hydrogens is 432 g/mol. The first kappa shape index (κ1) is 21.9. The third-order valence-electron chi connectivity index (χ3n) is 5.33. The van der Waals surface area contributed by atoms with Gasteiger partial charge >= 0.3 is 5.97 Å². The van der Waals surface area contributed by atoms with Crippen LogP contribution in [-0.2, 0) is 11.3 Å². The van der Waals surface area contributed by atoms with Gasteiger partial charge in [-0.3, -0.25) is 19.9 Å². The number of carbonyl (C=O) groups excluding carboxylic acids is 2. The summed E-state index contributed by atoms with van der Waals surface area (Å²) in [6.07, 6.45) is 6.73. The predicted octanol–water partition coefficient (Wildman–Crippen LogP) is 1.90. The van der Waals surface area contributed by atoms with Gasteiger partial charge < -0.3 is 15.3 Å². The van der Waals surface area contributed by atoms with Crippen LogP contribution in [0.15, 0.2) is 35.5 Å². The summed E-state index contributed by atoms with van der Waals surface area (Å²) >= 11 is 0.862. The summed E-state index contributed by atoms with van der Waals surface area (Å²) in [4.78, 5) is 49.8. The Morgan fingerprint density at radius 2 is 2.06 bits per heavy atom. The number of nitrogens with zero attached hydrogens (tertiary/aromatic N) is 4. The normalized spacial score (nSPS) is 18.2. The first-order chi connectivity index (χ1) is 15.5. The zero-order valence-corrected chi connectivity index (χ0v) is 18.0. The fraction of sp³-hybridized carbons (Fsp3) is 0.333. The minimum absolute atomic E-state index is 0.222. The minimum atomic E-state index is -0.972. The van der Waals surface area contributed by atoms with Gasteiger partial charge in [0.25, 0.3) is 11.1 Å². The highest BCUT2D eigenvalue weighted by Gasteiger charge is 2.26. The van der Waals surface area contributed by atoms with Gasteiger partial charge in [-0.25, -0.2) is 14.8 Å². The van der Waals surface area contributed by atoms with Crippen molar-refractivity contribution in [1.82, 2.24) is 25.6 Å². The Morgan fingerprint density at radius 3 is 2.78 bits per heavy atom. The lowest BCUT2D eigenvalue weighted by molar-refractivity contribution is -0.115. The fourth-order valence-corrected chi connectivity index (χ4v) is 4.32. The molecule has 3 N–H and O–H groups in total. The monoisotopic (exact) mass is 454 g/mol. The van der Waals surface area contributed by atoms with Crippen molar-refractivity contribution < 1.29 is 19.5 Å². The highest BCUT2D eigenvalue weighted by Crippen LogP contribution is 2.26. The third-order valence-corrected chi connectivity index (χ3v) is 6.14. The van der Waals surface area contributed by atoms with E-state index in [-0.39, 0.29) is 10.8 Å². The third kappa shape index (κ3) is 5.29. The predicted molar refractivity (Wildman–Crippen MR) is 119 cm³/mol. The van der Waals surface area contributed by atoms with Crippen LogP contribution in [0, 0.1) is 5.92 Å². The number of carboxylic acids is 1. The molecule has 0 bridgehead atoms. The number of nitrogens with one attached hydrogen (secondary N) is 2. The lowest BCUT2D eigenvalue weighted by Crippen LogP contribution is -2.38. The van der Waals surface area contributed by atoms with Crippen LogP contribution in [0.4, 0.5) is 10.7 Å². The van der Waals surface area contributed by atoms with Gasteiger partial charge in [0.2, 0.25) is 5.95 Å². The van der Waals surface area contributed by atoms with E-state index in [1.165, 1.54) is 0 Å². The second kappa shape index (κ2) is 9.88. The molecule has 2 saturated heterocycles. The van der Waals surface area contributed by atoms with Crippen molar-refractivity contribution in [3.63, 3.8) is 0 Å². The van der Waals surface area contributed by atoms with Crippen molar-refractivity contribution in [2.24, 2.45) is 5.92 Å². The molecule has 2 aliphatic heterocycles. The second-order valence-electron chi connectivity index (χ2n) is 7.50. The van der Waals surface area contributed by atoms with Crippen LogP contribution >= 0.6 is 11.8 Å². The molecule has 11 heteroatoms. The van der Waals surface area contributed by atoms with E-state index in [1.54, 1.807) is 36.7 Å². The number of amides is 2. The molecule has 0 radical (unpaired) electrons. The fourth-order valence-electron chi connectivity index (χ4n) is 3.66. The smallest absolute Gasteiger partial charge is 0.337 e. The highest BCUT2D eigenvalue weighted by atomic mass is 32.2. The lowest BCUT2D eigenvalue weighted by atomic mass is 9.97. The second-order valence-corrected chi connectivity index (χ2v) is 8.51.